The smallest absolute Gasteiger partial charge is 0.228 e. The molecule has 0 heterocycles. The Labute approximate surface area is 96.1 Å². The molecule has 2 fully saturated rings. The number of hydrogen-bond acceptors (Lipinski definition) is 1. The van der Waals surface area contributed by atoms with E-state index in [2.05, 4.69) is 5.32 Å². The van der Waals surface area contributed by atoms with E-state index < -0.39 is 0 Å². The number of para-hydroxylation sites is 1. The molecule has 0 bridgehead atoms. The molecule has 0 spiro atoms. The van der Waals surface area contributed by atoms with Crippen molar-refractivity contribution in [1.82, 2.24) is 0 Å². The number of amides is 1. The first-order valence-corrected chi connectivity index (χ1v) is 6.22. The van der Waals surface area contributed by atoms with Crippen molar-refractivity contribution in [2.75, 3.05) is 5.32 Å². The average Bonchev–Trinajstić information content (AvgIpc) is 3.04. The normalized spacial score (nSPS) is 31.6. The van der Waals surface area contributed by atoms with Gasteiger partial charge >= 0.3 is 0 Å². The number of carbonyl (C=O) groups is 1. The fourth-order valence-corrected chi connectivity index (χ4v) is 3.13. The molecular formula is C14H17NO. The van der Waals surface area contributed by atoms with Crippen LogP contribution in [0.4, 0.5) is 5.69 Å². The highest BCUT2D eigenvalue weighted by molar-refractivity contribution is 5.94. The highest BCUT2D eigenvalue weighted by atomic mass is 16.2. The van der Waals surface area contributed by atoms with E-state index in [1.54, 1.807) is 0 Å². The van der Waals surface area contributed by atoms with Gasteiger partial charge in [0, 0.05) is 11.6 Å². The fourth-order valence-electron chi connectivity index (χ4n) is 3.13. The maximum Gasteiger partial charge on any atom is 0.228 e. The standard InChI is InChI=1S/C14H17NO/c16-14(15-10-6-2-1-3-7-10)13-11-8-4-5-9-12(11)13/h1-3,6-7,11-13H,4-5,8-9H2,(H,15,16)/t11-,12-/m0/s1. The summed E-state index contributed by atoms with van der Waals surface area (Å²) in [5.41, 5.74) is 0.927. The summed E-state index contributed by atoms with van der Waals surface area (Å²) in [6, 6.07) is 9.77. The molecular weight excluding hydrogens is 198 g/mol. The van der Waals surface area contributed by atoms with Crippen molar-refractivity contribution in [3.8, 4) is 0 Å². The van der Waals surface area contributed by atoms with Gasteiger partial charge in [0.05, 0.1) is 0 Å². The second-order valence-corrected chi connectivity index (χ2v) is 4.99. The maximum atomic E-state index is 12.0. The van der Waals surface area contributed by atoms with Crippen LogP contribution >= 0.6 is 0 Å². The summed E-state index contributed by atoms with van der Waals surface area (Å²) in [6.45, 7) is 0. The molecule has 1 aromatic carbocycles. The molecule has 2 nitrogen and oxygen atoms in total. The minimum Gasteiger partial charge on any atom is -0.326 e. The second kappa shape index (κ2) is 3.93. The van der Waals surface area contributed by atoms with E-state index in [1.807, 2.05) is 30.3 Å². The number of hydrogen-bond donors (Lipinski definition) is 1. The molecule has 2 heteroatoms. The van der Waals surface area contributed by atoms with Gasteiger partial charge in [0.2, 0.25) is 5.91 Å². The van der Waals surface area contributed by atoms with Gasteiger partial charge in [-0.1, -0.05) is 31.0 Å². The molecule has 1 aromatic rings. The Balaban J connectivity index is 1.63. The molecule has 0 radical (unpaired) electrons. The lowest BCUT2D eigenvalue weighted by molar-refractivity contribution is -0.117. The van der Waals surface area contributed by atoms with Crippen molar-refractivity contribution in [2.45, 2.75) is 25.7 Å². The first-order valence-electron chi connectivity index (χ1n) is 6.22. The van der Waals surface area contributed by atoms with Crippen LogP contribution in [-0.4, -0.2) is 5.91 Å². The van der Waals surface area contributed by atoms with E-state index in [1.165, 1.54) is 25.7 Å². The number of nitrogens with one attached hydrogen (secondary N) is 1. The van der Waals surface area contributed by atoms with Crippen LogP contribution in [0.1, 0.15) is 25.7 Å². The quantitative estimate of drug-likeness (QED) is 0.807. The van der Waals surface area contributed by atoms with Gasteiger partial charge < -0.3 is 5.32 Å². The SMILES string of the molecule is O=C(Nc1ccccc1)C1[C@H]2CCCC[C@H]12. The Morgan fingerprint density at radius 1 is 1.06 bits per heavy atom. The molecule has 0 saturated heterocycles. The van der Waals surface area contributed by atoms with Gasteiger partial charge in [0.1, 0.15) is 0 Å². The van der Waals surface area contributed by atoms with Gasteiger partial charge in [-0.25, -0.2) is 0 Å². The zero-order valence-corrected chi connectivity index (χ0v) is 9.36. The number of fused-ring (bicyclic) bond motifs is 1. The molecule has 1 amide bonds. The lowest BCUT2D eigenvalue weighted by atomic mass is 10.0. The average molecular weight is 215 g/mol. The van der Waals surface area contributed by atoms with Crippen molar-refractivity contribution in [1.29, 1.82) is 0 Å². The predicted molar refractivity (Wildman–Crippen MR) is 64.0 cm³/mol. The third-order valence-electron chi connectivity index (χ3n) is 4.00. The number of benzene rings is 1. The minimum atomic E-state index is 0.239. The first kappa shape index (κ1) is 9.88. The van der Waals surface area contributed by atoms with Gasteiger partial charge in [-0.3, -0.25) is 4.79 Å². The van der Waals surface area contributed by atoms with Crippen LogP contribution < -0.4 is 5.32 Å². The lowest BCUT2D eigenvalue weighted by Crippen LogP contribution is -2.15. The fraction of sp³-hybridized carbons (Fsp3) is 0.500. The molecule has 1 N–H and O–H groups in total. The highest BCUT2D eigenvalue weighted by Crippen LogP contribution is 2.55. The molecule has 0 unspecified atom stereocenters. The van der Waals surface area contributed by atoms with E-state index in [-0.39, 0.29) is 5.91 Å². The Morgan fingerprint density at radius 2 is 1.69 bits per heavy atom. The summed E-state index contributed by atoms with van der Waals surface area (Å²) in [7, 11) is 0. The van der Waals surface area contributed by atoms with E-state index in [0.29, 0.717) is 17.8 Å². The van der Waals surface area contributed by atoms with Gasteiger partial charge in [0.15, 0.2) is 0 Å². The van der Waals surface area contributed by atoms with Crippen molar-refractivity contribution in [2.24, 2.45) is 17.8 Å². The highest BCUT2D eigenvalue weighted by Gasteiger charge is 2.54. The molecule has 0 aliphatic heterocycles. The van der Waals surface area contributed by atoms with Crippen molar-refractivity contribution < 1.29 is 4.79 Å². The number of anilines is 1. The minimum absolute atomic E-state index is 0.239. The molecule has 3 rings (SSSR count). The molecule has 0 aromatic heterocycles. The van der Waals surface area contributed by atoms with Crippen molar-refractivity contribution >= 4 is 11.6 Å². The largest absolute Gasteiger partial charge is 0.326 e. The van der Waals surface area contributed by atoms with Crippen molar-refractivity contribution in [3.63, 3.8) is 0 Å². The Bertz CT molecular complexity index is 375. The molecule has 84 valence electrons. The van der Waals surface area contributed by atoms with Crippen LogP contribution in [0.15, 0.2) is 30.3 Å². The third-order valence-corrected chi connectivity index (χ3v) is 4.00. The summed E-state index contributed by atoms with van der Waals surface area (Å²) in [4.78, 5) is 12.0. The number of rotatable bonds is 2. The van der Waals surface area contributed by atoms with E-state index in [4.69, 9.17) is 0 Å². The van der Waals surface area contributed by atoms with Gasteiger partial charge in [-0.05, 0) is 36.8 Å². The van der Waals surface area contributed by atoms with Crippen molar-refractivity contribution in [3.05, 3.63) is 30.3 Å². The Kier molecular flexibility index (Phi) is 2.43. The topological polar surface area (TPSA) is 29.1 Å². The van der Waals surface area contributed by atoms with Crippen LogP contribution in [0.3, 0.4) is 0 Å². The Hall–Kier alpha value is -1.31. The zero-order valence-electron chi connectivity index (χ0n) is 9.36. The summed E-state index contributed by atoms with van der Waals surface area (Å²) in [5.74, 6) is 1.93. The van der Waals surface area contributed by atoms with Gasteiger partial charge in [-0.2, -0.15) is 0 Å². The van der Waals surface area contributed by atoms with Crippen LogP contribution in [0.25, 0.3) is 0 Å². The van der Waals surface area contributed by atoms with E-state index in [9.17, 15) is 4.79 Å². The molecule has 2 atom stereocenters. The summed E-state index contributed by atoms with van der Waals surface area (Å²) in [6.07, 6.45) is 5.15. The van der Waals surface area contributed by atoms with Crippen LogP contribution in [0.5, 0.6) is 0 Å². The second-order valence-electron chi connectivity index (χ2n) is 4.99. The van der Waals surface area contributed by atoms with E-state index >= 15 is 0 Å². The van der Waals surface area contributed by atoms with Gasteiger partial charge in [-0.15, -0.1) is 0 Å². The van der Waals surface area contributed by atoms with Crippen LogP contribution in [-0.2, 0) is 4.79 Å². The summed E-state index contributed by atoms with van der Waals surface area (Å²) in [5, 5.41) is 3.02. The lowest BCUT2D eigenvalue weighted by Gasteiger charge is -2.04. The monoisotopic (exact) mass is 215 g/mol. The third kappa shape index (κ3) is 1.73. The summed E-state index contributed by atoms with van der Waals surface area (Å²) >= 11 is 0. The maximum absolute atomic E-state index is 12.0. The molecule has 2 aliphatic carbocycles. The van der Waals surface area contributed by atoms with E-state index in [0.717, 1.165) is 5.69 Å². The van der Waals surface area contributed by atoms with Crippen LogP contribution in [0.2, 0.25) is 0 Å². The molecule has 2 aliphatic rings. The van der Waals surface area contributed by atoms with Crippen LogP contribution in [0, 0.1) is 17.8 Å². The number of carbonyl (C=O) groups excluding carboxylic acids is 1. The molecule has 2 saturated carbocycles. The zero-order chi connectivity index (χ0) is 11.0. The predicted octanol–water partition coefficient (Wildman–Crippen LogP) is 3.06. The Morgan fingerprint density at radius 3 is 2.31 bits per heavy atom. The summed E-state index contributed by atoms with van der Waals surface area (Å²) < 4.78 is 0. The molecule has 16 heavy (non-hydrogen) atoms. The van der Waals surface area contributed by atoms with Gasteiger partial charge in [0.25, 0.3) is 0 Å². The first-order chi connectivity index (χ1) is 7.86.